The van der Waals surface area contributed by atoms with E-state index < -0.39 is 0 Å². The number of hydrogen-bond donors (Lipinski definition) is 0. The van der Waals surface area contributed by atoms with Crippen molar-refractivity contribution in [3.63, 3.8) is 0 Å². The first-order chi connectivity index (χ1) is 6.06. The zero-order chi connectivity index (χ0) is 10.0. The van der Waals surface area contributed by atoms with Crippen molar-refractivity contribution in [2.24, 2.45) is 4.99 Å². The van der Waals surface area contributed by atoms with E-state index in [0.29, 0.717) is 12.1 Å². The highest BCUT2D eigenvalue weighted by Gasteiger charge is 2.28. The number of aliphatic imine (C=N–C) groups is 1. The van der Waals surface area contributed by atoms with E-state index >= 15 is 0 Å². The Morgan fingerprint density at radius 1 is 1.46 bits per heavy atom. The minimum Gasteiger partial charge on any atom is -0.326 e. The molecule has 72 valence electrons. The Balaban J connectivity index is 2.91. The van der Waals surface area contributed by atoms with E-state index in [2.05, 4.69) is 4.99 Å². The summed E-state index contributed by atoms with van der Waals surface area (Å²) in [6.45, 7) is 5.74. The average Bonchev–Trinajstić information content (AvgIpc) is 2.08. The fraction of sp³-hybridized carbons (Fsp3) is 0.667. The predicted octanol–water partition coefficient (Wildman–Crippen LogP) is 0.615. The predicted molar refractivity (Wildman–Crippen MR) is 49.6 cm³/mol. The Morgan fingerprint density at radius 3 is 2.54 bits per heavy atom. The van der Waals surface area contributed by atoms with Crippen LogP contribution in [0.25, 0.3) is 0 Å². The van der Waals surface area contributed by atoms with Crippen molar-refractivity contribution in [3.05, 3.63) is 0 Å². The minimum absolute atomic E-state index is 0.0634. The summed E-state index contributed by atoms with van der Waals surface area (Å²) in [5.41, 5.74) is 0.380. The van der Waals surface area contributed by atoms with Gasteiger partial charge in [0.15, 0.2) is 0 Å². The van der Waals surface area contributed by atoms with Gasteiger partial charge in [0.2, 0.25) is 0 Å². The number of carbonyl (C=O) groups excluding carboxylic acids is 2. The van der Waals surface area contributed by atoms with Crippen LogP contribution < -0.4 is 0 Å². The van der Waals surface area contributed by atoms with Gasteiger partial charge in [-0.25, -0.2) is 4.99 Å². The molecule has 13 heavy (non-hydrogen) atoms. The lowest BCUT2D eigenvalue weighted by molar-refractivity contribution is -0.133. The van der Waals surface area contributed by atoms with E-state index in [0.717, 1.165) is 0 Å². The summed E-state index contributed by atoms with van der Waals surface area (Å²) in [5, 5.41) is 0. The fourth-order valence-corrected chi connectivity index (χ4v) is 1.26. The first-order valence-corrected chi connectivity index (χ1v) is 4.47. The van der Waals surface area contributed by atoms with Gasteiger partial charge in [0.25, 0.3) is 11.8 Å². The number of nitrogens with zero attached hydrogens (tertiary/aromatic N) is 2. The van der Waals surface area contributed by atoms with Crippen LogP contribution in [0.2, 0.25) is 0 Å². The van der Waals surface area contributed by atoms with Crippen molar-refractivity contribution in [1.29, 1.82) is 0 Å². The average molecular weight is 182 g/mol. The number of amides is 2. The molecule has 0 bridgehead atoms. The van der Waals surface area contributed by atoms with Gasteiger partial charge >= 0.3 is 0 Å². The van der Waals surface area contributed by atoms with Crippen molar-refractivity contribution < 1.29 is 9.59 Å². The second kappa shape index (κ2) is 3.68. The molecule has 0 aromatic carbocycles. The molecule has 1 heterocycles. The molecular weight excluding hydrogens is 168 g/mol. The van der Waals surface area contributed by atoms with Crippen LogP contribution in [0.1, 0.15) is 27.2 Å². The quantitative estimate of drug-likeness (QED) is 0.628. The third-order valence-electron chi connectivity index (χ3n) is 2.03. The molecule has 0 aromatic rings. The summed E-state index contributed by atoms with van der Waals surface area (Å²) in [6.07, 6.45) is 0.522. The number of rotatable bonds is 2. The van der Waals surface area contributed by atoms with E-state index in [1.165, 1.54) is 0 Å². The van der Waals surface area contributed by atoms with Gasteiger partial charge in [-0.2, -0.15) is 0 Å². The fourth-order valence-electron chi connectivity index (χ4n) is 1.26. The topological polar surface area (TPSA) is 49.7 Å². The Morgan fingerprint density at radius 2 is 2.08 bits per heavy atom. The van der Waals surface area contributed by atoms with E-state index in [-0.39, 0.29) is 24.4 Å². The summed E-state index contributed by atoms with van der Waals surface area (Å²) in [6, 6.07) is 0.0634. The maximum atomic E-state index is 11.6. The van der Waals surface area contributed by atoms with Crippen LogP contribution >= 0.6 is 0 Å². The second-order valence-electron chi connectivity index (χ2n) is 3.33. The second-order valence-corrected chi connectivity index (χ2v) is 3.33. The first-order valence-electron chi connectivity index (χ1n) is 4.47. The van der Waals surface area contributed by atoms with Crippen LogP contribution in [-0.2, 0) is 9.59 Å². The van der Waals surface area contributed by atoms with Gasteiger partial charge in [-0.1, -0.05) is 6.92 Å². The molecule has 4 nitrogen and oxygen atoms in total. The maximum absolute atomic E-state index is 11.6. The van der Waals surface area contributed by atoms with Crippen molar-refractivity contribution in [2.75, 3.05) is 6.54 Å². The van der Waals surface area contributed by atoms with Crippen molar-refractivity contribution in [3.8, 4) is 0 Å². The van der Waals surface area contributed by atoms with Crippen LogP contribution in [-0.4, -0.2) is 35.0 Å². The molecule has 0 aromatic heterocycles. The van der Waals surface area contributed by atoms with Gasteiger partial charge < -0.3 is 4.90 Å². The lowest BCUT2D eigenvalue weighted by atomic mass is 10.2. The van der Waals surface area contributed by atoms with Gasteiger partial charge in [0.05, 0.1) is 0 Å². The van der Waals surface area contributed by atoms with Crippen LogP contribution in [0.5, 0.6) is 0 Å². The molecule has 0 radical (unpaired) electrons. The third-order valence-corrected chi connectivity index (χ3v) is 2.03. The Bertz CT molecular complexity index is 269. The van der Waals surface area contributed by atoms with E-state index in [9.17, 15) is 9.59 Å². The molecule has 0 saturated carbocycles. The van der Waals surface area contributed by atoms with Crippen LogP contribution in [0.4, 0.5) is 0 Å². The summed E-state index contributed by atoms with van der Waals surface area (Å²) in [5.74, 6) is -0.317. The third kappa shape index (κ3) is 1.94. The van der Waals surface area contributed by atoms with Crippen molar-refractivity contribution >= 4 is 17.5 Å². The first kappa shape index (κ1) is 9.89. The van der Waals surface area contributed by atoms with E-state index in [1.807, 2.05) is 20.8 Å². The monoisotopic (exact) mass is 182 g/mol. The zero-order valence-electron chi connectivity index (χ0n) is 8.20. The van der Waals surface area contributed by atoms with Gasteiger partial charge in [-0.05, 0) is 20.3 Å². The molecular formula is C9H14N2O2. The van der Waals surface area contributed by atoms with E-state index in [1.54, 1.807) is 4.90 Å². The normalized spacial score (nSPS) is 18.2. The van der Waals surface area contributed by atoms with Gasteiger partial charge in [-0.3, -0.25) is 9.59 Å². The lowest BCUT2D eigenvalue weighted by Gasteiger charge is -2.28. The maximum Gasteiger partial charge on any atom is 0.269 e. The smallest absolute Gasteiger partial charge is 0.269 e. The molecule has 0 saturated heterocycles. The molecule has 0 spiro atoms. The Kier molecular flexibility index (Phi) is 2.80. The van der Waals surface area contributed by atoms with Crippen LogP contribution in [0.3, 0.4) is 0 Å². The molecule has 4 heteroatoms. The molecule has 0 atom stereocenters. The molecule has 0 fully saturated rings. The molecule has 1 rings (SSSR count). The lowest BCUT2D eigenvalue weighted by Crippen LogP contribution is -2.47. The zero-order valence-corrected chi connectivity index (χ0v) is 8.20. The van der Waals surface area contributed by atoms with Gasteiger partial charge in [0.1, 0.15) is 12.3 Å². The van der Waals surface area contributed by atoms with Crippen LogP contribution in [0.15, 0.2) is 4.99 Å². The SMILES string of the molecule is CCC1=NC(=O)CN(C(C)C)C1=O. The highest BCUT2D eigenvalue weighted by Crippen LogP contribution is 2.07. The number of carbonyl (C=O) groups is 2. The molecule has 0 unspecified atom stereocenters. The van der Waals surface area contributed by atoms with Crippen molar-refractivity contribution in [1.82, 2.24) is 4.90 Å². The van der Waals surface area contributed by atoms with E-state index in [4.69, 9.17) is 0 Å². The van der Waals surface area contributed by atoms with Gasteiger partial charge in [0, 0.05) is 6.04 Å². The summed E-state index contributed by atoms with van der Waals surface area (Å²) < 4.78 is 0. The van der Waals surface area contributed by atoms with Crippen molar-refractivity contribution in [2.45, 2.75) is 33.2 Å². The molecule has 1 aliphatic heterocycles. The standard InChI is InChI=1S/C9H14N2O2/c1-4-7-9(13)11(6(2)3)5-8(12)10-7/h6H,4-5H2,1-3H3. The molecule has 0 N–H and O–H groups in total. The highest BCUT2D eigenvalue weighted by atomic mass is 16.2. The van der Waals surface area contributed by atoms with Crippen LogP contribution in [0, 0.1) is 0 Å². The Hall–Kier alpha value is -1.19. The molecule has 0 aliphatic carbocycles. The highest BCUT2D eigenvalue weighted by molar-refractivity contribution is 6.41. The minimum atomic E-state index is -0.217. The largest absolute Gasteiger partial charge is 0.326 e. The summed E-state index contributed by atoms with van der Waals surface area (Å²) >= 11 is 0. The Labute approximate surface area is 77.6 Å². The summed E-state index contributed by atoms with van der Waals surface area (Å²) in [4.78, 5) is 27.9. The molecule has 1 aliphatic rings. The molecule has 2 amide bonds. The number of hydrogen-bond acceptors (Lipinski definition) is 2. The van der Waals surface area contributed by atoms with Gasteiger partial charge in [-0.15, -0.1) is 0 Å². The summed E-state index contributed by atoms with van der Waals surface area (Å²) in [7, 11) is 0.